The van der Waals surface area contributed by atoms with E-state index >= 15 is 0 Å². The summed E-state index contributed by atoms with van der Waals surface area (Å²) in [4.78, 5) is 32.2. The minimum atomic E-state index is -0.575. The lowest BCUT2D eigenvalue weighted by Crippen LogP contribution is -2.32. The van der Waals surface area contributed by atoms with E-state index in [2.05, 4.69) is 20.4 Å². The molecule has 1 unspecified atom stereocenters. The number of nitrogens with one attached hydrogen (secondary N) is 3. The zero-order valence-electron chi connectivity index (χ0n) is 17.6. The molecule has 162 valence electrons. The van der Waals surface area contributed by atoms with Crippen LogP contribution in [-0.2, 0) is 14.3 Å². The van der Waals surface area contributed by atoms with Crippen molar-refractivity contribution in [3.8, 4) is 11.3 Å². The van der Waals surface area contributed by atoms with E-state index in [0.717, 1.165) is 42.0 Å². The molecule has 1 aromatic carbocycles. The number of benzene rings is 1. The third kappa shape index (κ3) is 4.91. The summed E-state index contributed by atoms with van der Waals surface area (Å²) in [6.45, 7) is 4.03. The Labute approximate surface area is 175 Å². The number of aromatic amines is 1. The van der Waals surface area contributed by atoms with E-state index < -0.39 is 12.1 Å². The molecule has 9 nitrogen and oxygen atoms in total. The van der Waals surface area contributed by atoms with E-state index in [1.807, 2.05) is 13.0 Å². The molecule has 0 spiro atoms. The first kappa shape index (κ1) is 21.6. The van der Waals surface area contributed by atoms with Crippen LogP contribution in [0.15, 0.2) is 18.2 Å². The number of H-pyrrole nitrogens is 1. The van der Waals surface area contributed by atoms with Gasteiger partial charge in [0.1, 0.15) is 11.9 Å². The van der Waals surface area contributed by atoms with Crippen LogP contribution >= 0.6 is 0 Å². The van der Waals surface area contributed by atoms with Gasteiger partial charge in [0.2, 0.25) is 0 Å². The monoisotopic (exact) mass is 415 g/mol. The molecule has 0 radical (unpaired) electrons. The molecule has 0 fully saturated rings. The van der Waals surface area contributed by atoms with Gasteiger partial charge in [-0.05, 0) is 44.9 Å². The van der Waals surface area contributed by atoms with Gasteiger partial charge in [0.25, 0.3) is 0 Å². The van der Waals surface area contributed by atoms with Crippen LogP contribution in [0.1, 0.15) is 50.2 Å². The number of aryl methyl sites for hydroxylation is 1. The van der Waals surface area contributed by atoms with Crippen molar-refractivity contribution in [2.75, 3.05) is 24.4 Å². The molecule has 0 aliphatic carbocycles. The molecule has 0 saturated heterocycles. The lowest BCUT2D eigenvalue weighted by Gasteiger charge is -2.21. The van der Waals surface area contributed by atoms with Crippen molar-refractivity contribution in [2.45, 2.75) is 51.6 Å². The molecule has 2 heterocycles. The molecular formula is C21H29N5O4. The lowest BCUT2D eigenvalue weighted by molar-refractivity contribution is -0.144. The summed E-state index contributed by atoms with van der Waals surface area (Å²) in [6.07, 6.45) is 2.49. The van der Waals surface area contributed by atoms with Crippen LogP contribution in [0.2, 0.25) is 0 Å². The molecule has 3 rings (SSSR count). The van der Waals surface area contributed by atoms with Crippen molar-refractivity contribution in [1.82, 2.24) is 9.97 Å². The predicted molar refractivity (Wildman–Crippen MR) is 114 cm³/mol. The first-order valence-electron chi connectivity index (χ1n) is 10.2. The second-order valence-corrected chi connectivity index (χ2v) is 7.31. The quantitative estimate of drug-likeness (QED) is 0.564. The highest BCUT2D eigenvalue weighted by atomic mass is 16.5. The van der Waals surface area contributed by atoms with Crippen LogP contribution < -0.4 is 16.4 Å². The Hall–Kier alpha value is -3.07. The van der Waals surface area contributed by atoms with Crippen molar-refractivity contribution in [3.63, 3.8) is 0 Å². The van der Waals surface area contributed by atoms with Gasteiger partial charge < -0.3 is 25.5 Å². The summed E-state index contributed by atoms with van der Waals surface area (Å²) in [6, 6.07) is 4.65. The summed E-state index contributed by atoms with van der Waals surface area (Å²) >= 11 is 0. The number of hydrogen-bond donors (Lipinski definition) is 4. The van der Waals surface area contributed by atoms with E-state index in [4.69, 9.17) is 15.5 Å². The average molecular weight is 415 g/mol. The SMILES string of the molecule is CCOC(=O)[C@H]1CCCCC(N)c2nc(c(C)[nH]2)-c2ccc(NC(=O)OC)cc2N1. The van der Waals surface area contributed by atoms with Gasteiger partial charge in [0, 0.05) is 22.6 Å². The third-order valence-corrected chi connectivity index (χ3v) is 5.12. The second kappa shape index (κ2) is 9.62. The van der Waals surface area contributed by atoms with Crippen LogP contribution in [0.25, 0.3) is 11.3 Å². The molecule has 2 bridgehead atoms. The molecule has 9 heteroatoms. The van der Waals surface area contributed by atoms with Gasteiger partial charge in [-0.1, -0.05) is 12.8 Å². The van der Waals surface area contributed by atoms with E-state index in [1.165, 1.54) is 7.11 Å². The van der Waals surface area contributed by atoms with Gasteiger partial charge in [-0.25, -0.2) is 14.6 Å². The zero-order chi connectivity index (χ0) is 21.7. The lowest BCUT2D eigenvalue weighted by atomic mass is 10.0. The molecule has 1 aliphatic heterocycles. The molecule has 30 heavy (non-hydrogen) atoms. The number of ether oxygens (including phenoxy) is 2. The van der Waals surface area contributed by atoms with E-state index in [1.54, 1.807) is 19.1 Å². The summed E-state index contributed by atoms with van der Waals surface area (Å²) < 4.78 is 9.95. The van der Waals surface area contributed by atoms with Gasteiger partial charge in [0.15, 0.2) is 0 Å². The van der Waals surface area contributed by atoms with Crippen molar-refractivity contribution < 1.29 is 19.1 Å². The topological polar surface area (TPSA) is 131 Å². The summed E-state index contributed by atoms with van der Waals surface area (Å²) in [7, 11) is 1.30. The number of carbonyl (C=O) groups is 2. The number of anilines is 2. The Kier molecular flexibility index (Phi) is 6.94. The largest absolute Gasteiger partial charge is 0.464 e. The number of rotatable bonds is 3. The Morgan fingerprint density at radius 2 is 2.07 bits per heavy atom. The van der Waals surface area contributed by atoms with E-state index in [9.17, 15) is 9.59 Å². The normalized spacial score (nSPS) is 18.8. The number of nitrogens with zero attached hydrogens (tertiary/aromatic N) is 1. The van der Waals surface area contributed by atoms with Crippen molar-refractivity contribution >= 4 is 23.4 Å². The number of fused-ring (bicyclic) bond motifs is 4. The molecular weight excluding hydrogens is 386 g/mol. The summed E-state index contributed by atoms with van der Waals surface area (Å²) in [5.74, 6) is 0.434. The zero-order valence-corrected chi connectivity index (χ0v) is 17.6. The molecule has 0 saturated carbocycles. The Balaban J connectivity index is 2.07. The maximum absolute atomic E-state index is 12.6. The summed E-state index contributed by atoms with van der Waals surface area (Å²) in [5, 5.41) is 5.97. The molecule has 2 aromatic rings. The van der Waals surface area contributed by atoms with Gasteiger partial charge in [0.05, 0.1) is 25.5 Å². The van der Waals surface area contributed by atoms with Crippen LogP contribution in [0, 0.1) is 6.92 Å². The van der Waals surface area contributed by atoms with Crippen molar-refractivity contribution in [3.05, 3.63) is 29.7 Å². The van der Waals surface area contributed by atoms with Crippen LogP contribution in [-0.4, -0.2) is 41.8 Å². The van der Waals surface area contributed by atoms with Crippen LogP contribution in [0.4, 0.5) is 16.2 Å². The van der Waals surface area contributed by atoms with Crippen molar-refractivity contribution in [2.24, 2.45) is 5.73 Å². The molecule has 2 atom stereocenters. The standard InChI is InChI=1S/C21H29N5O4/c1-4-30-20(27)16-8-6-5-7-15(22)19-23-12(2)18(26-19)14-10-9-13(11-17(14)25-16)24-21(28)29-3/h9-11,15-16,25H,4-8,22H2,1-3H3,(H,23,26)(H,24,28)/t15?,16-/m1/s1. The van der Waals surface area contributed by atoms with E-state index in [0.29, 0.717) is 24.4 Å². The maximum atomic E-state index is 12.6. The first-order valence-corrected chi connectivity index (χ1v) is 10.2. The van der Waals surface area contributed by atoms with Crippen LogP contribution in [0.5, 0.6) is 0 Å². The highest BCUT2D eigenvalue weighted by Crippen LogP contribution is 2.34. The number of esters is 1. The van der Waals surface area contributed by atoms with Crippen LogP contribution in [0.3, 0.4) is 0 Å². The second-order valence-electron chi connectivity index (χ2n) is 7.31. The Morgan fingerprint density at radius 3 is 2.80 bits per heavy atom. The molecule has 5 N–H and O–H groups in total. The number of imidazole rings is 1. The van der Waals surface area contributed by atoms with Gasteiger partial charge in [-0.2, -0.15) is 0 Å². The number of amides is 1. The number of aromatic nitrogens is 2. The number of nitrogens with two attached hydrogens (primary N) is 1. The fourth-order valence-corrected chi connectivity index (χ4v) is 3.57. The fraction of sp³-hybridized carbons (Fsp3) is 0.476. The maximum Gasteiger partial charge on any atom is 0.411 e. The van der Waals surface area contributed by atoms with Gasteiger partial charge in [-0.15, -0.1) is 0 Å². The number of hydrogen-bond acceptors (Lipinski definition) is 7. The smallest absolute Gasteiger partial charge is 0.411 e. The van der Waals surface area contributed by atoms with Crippen molar-refractivity contribution in [1.29, 1.82) is 0 Å². The Bertz CT molecular complexity index is 911. The Morgan fingerprint density at radius 1 is 1.30 bits per heavy atom. The minimum absolute atomic E-state index is 0.199. The summed E-state index contributed by atoms with van der Waals surface area (Å²) in [5.41, 5.74) is 9.95. The third-order valence-electron chi connectivity index (χ3n) is 5.12. The predicted octanol–water partition coefficient (Wildman–Crippen LogP) is 3.48. The van der Waals surface area contributed by atoms with Gasteiger partial charge >= 0.3 is 12.1 Å². The first-order chi connectivity index (χ1) is 14.4. The average Bonchev–Trinajstić information content (AvgIpc) is 3.11. The van der Waals surface area contributed by atoms with Gasteiger partial charge in [-0.3, -0.25) is 5.32 Å². The minimum Gasteiger partial charge on any atom is -0.464 e. The van der Waals surface area contributed by atoms with E-state index in [-0.39, 0.29) is 12.0 Å². The highest BCUT2D eigenvalue weighted by Gasteiger charge is 2.24. The number of carbonyl (C=O) groups excluding carboxylic acids is 2. The molecule has 1 aromatic heterocycles. The fourth-order valence-electron chi connectivity index (χ4n) is 3.57. The highest BCUT2D eigenvalue weighted by molar-refractivity contribution is 5.89. The molecule has 1 aliphatic rings. The number of methoxy groups -OCH3 is 1. The molecule has 1 amide bonds.